The Morgan fingerprint density at radius 2 is 1.91 bits per heavy atom. The Kier molecular flexibility index (Phi) is 7.07. The number of benzene rings is 2. The van der Waals surface area contributed by atoms with E-state index in [2.05, 4.69) is 0 Å². The number of ketones is 1. The zero-order valence-electron chi connectivity index (χ0n) is 19.1. The number of ether oxygens (including phenoxy) is 2. The second-order valence-electron chi connectivity index (χ2n) is 8.78. The number of aryl methyl sites for hydroxylation is 1. The zero-order chi connectivity index (χ0) is 23.6. The molecule has 0 aromatic heterocycles. The van der Waals surface area contributed by atoms with E-state index < -0.39 is 16.1 Å². The minimum atomic E-state index is -3.95. The number of fused-ring (bicyclic) bond motifs is 1. The monoisotopic (exact) mass is 473 g/mol. The molecule has 33 heavy (non-hydrogen) atoms. The highest BCUT2D eigenvalue weighted by Crippen LogP contribution is 2.37. The molecule has 4 rings (SSSR count). The van der Waals surface area contributed by atoms with Crippen LogP contribution in [0.4, 0.5) is 5.69 Å². The third kappa shape index (κ3) is 4.78. The number of sulfonamides is 1. The van der Waals surface area contributed by atoms with Gasteiger partial charge in [-0.05, 0) is 68.0 Å². The number of rotatable bonds is 7. The standard InChI is InChI=1S/C25H31NO6S/c1-3-18-4-6-23-22(13-18)24(28)12-17(2)26(23)33(29,30)21-5-7-25(20(14-21)15-27)32-16-19-8-10-31-11-9-19/h4-7,13-14,17,19,27H,3,8-12,15-16H2,1-2H3. The van der Waals surface area contributed by atoms with Crippen molar-refractivity contribution in [3.8, 4) is 5.75 Å². The van der Waals surface area contributed by atoms with Gasteiger partial charge in [0.2, 0.25) is 0 Å². The van der Waals surface area contributed by atoms with Crippen LogP contribution in [0, 0.1) is 5.92 Å². The van der Waals surface area contributed by atoms with E-state index in [4.69, 9.17) is 9.47 Å². The van der Waals surface area contributed by atoms with Gasteiger partial charge in [-0.25, -0.2) is 8.42 Å². The summed E-state index contributed by atoms with van der Waals surface area (Å²) in [6.07, 6.45) is 2.73. The molecule has 0 radical (unpaired) electrons. The van der Waals surface area contributed by atoms with Crippen LogP contribution in [-0.4, -0.2) is 45.2 Å². The van der Waals surface area contributed by atoms with Crippen LogP contribution in [0.3, 0.4) is 0 Å². The molecule has 178 valence electrons. The quantitative estimate of drug-likeness (QED) is 0.659. The van der Waals surface area contributed by atoms with Gasteiger partial charge in [0, 0.05) is 36.8 Å². The average molecular weight is 474 g/mol. The maximum absolute atomic E-state index is 13.7. The van der Waals surface area contributed by atoms with Gasteiger partial charge in [-0.2, -0.15) is 0 Å². The predicted molar refractivity (Wildman–Crippen MR) is 125 cm³/mol. The van der Waals surface area contributed by atoms with E-state index in [1.807, 2.05) is 13.0 Å². The fourth-order valence-electron chi connectivity index (χ4n) is 4.50. The first-order valence-corrected chi connectivity index (χ1v) is 12.9. The molecule has 0 bridgehead atoms. The van der Waals surface area contributed by atoms with Crippen molar-refractivity contribution >= 4 is 21.5 Å². The summed E-state index contributed by atoms with van der Waals surface area (Å²) in [5.74, 6) is 0.815. The van der Waals surface area contributed by atoms with Crippen LogP contribution in [0.1, 0.15) is 54.6 Å². The zero-order valence-corrected chi connectivity index (χ0v) is 19.9. The van der Waals surface area contributed by atoms with Crippen LogP contribution in [0.15, 0.2) is 41.3 Å². The van der Waals surface area contributed by atoms with E-state index in [0.717, 1.165) is 38.0 Å². The predicted octanol–water partition coefficient (Wildman–Crippen LogP) is 3.72. The minimum Gasteiger partial charge on any atom is -0.493 e. The maximum Gasteiger partial charge on any atom is 0.264 e. The van der Waals surface area contributed by atoms with Crippen molar-refractivity contribution < 1.29 is 27.8 Å². The van der Waals surface area contributed by atoms with Crippen LogP contribution in [0.5, 0.6) is 5.75 Å². The van der Waals surface area contributed by atoms with Crippen LogP contribution >= 0.6 is 0 Å². The van der Waals surface area contributed by atoms with Gasteiger partial charge < -0.3 is 14.6 Å². The van der Waals surface area contributed by atoms with E-state index >= 15 is 0 Å². The van der Waals surface area contributed by atoms with Crippen molar-refractivity contribution in [2.24, 2.45) is 5.92 Å². The van der Waals surface area contributed by atoms with Crippen molar-refractivity contribution in [3.05, 3.63) is 53.1 Å². The Morgan fingerprint density at radius 3 is 2.61 bits per heavy atom. The number of hydrogen-bond acceptors (Lipinski definition) is 6. The number of anilines is 1. The van der Waals surface area contributed by atoms with E-state index in [-0.39, 0.29) is 23.7 Å². The minimum absolute atomic E-state index is 0.0489. The molecule has 1 fully saturated rings. The molecule has 1 saturated heterocycles. The first-order valence-electron chi connectivity index (χ1n) is 11.5. The molecule has 1 atom stereocenters. The van der Waals surface area contributed by atoms with Crippen LogP contribution in [-0.2, 0) is 27.8 Å². The summed E-state index contributed by atoms with van der Waals surface area (Å²) in [4.78, 5) is 12.7. The molecule has 2 aromatic carbocycles. The Morgan fingerprint density at radius 1 is 1.15 bits per heavy atom. The SMILES string of the molecule is CCc1ccc2c(c1)C(=O)CC(C)N2S(=O)(=O)c1ccc(OCC2CCOCC2)c(CO)c1. The fraction of sp³-hybridized carbons (Fsp3) is 0.480. The molecule has 8 heteroatoms. The summed E-state index contributed by atoms with van der Waals surface area (Å²) in [6, 6.07) is 9.45. The third-order valence-electron chi connectivity index (χ3n) is 6.46. The topological polar surface area (TPSA) is 93.1 Å². The van der Waals surface area contributed by atoms with Gasteiger partial charge in [0.1, 0.15) is 5.75 Å². The Labute approximate surface area is 195 Å². The molecule has 2 aliphatic rings. The van der Waals surface area contributed by atoms with Crippen LogP contribution in [0.2, 0.25) is 0 Å². The summed E-state index contributed by atoms with van der Waals surface area (Å²) in [6.45, 7) is 5.34. The molecule has 1 N–H and O–H groups in total. The second kappa shape index (κ2) is 9.83. The molecule has 0 spiro atoms. The highest BCUT2D eigenvalue weighted by atomic mass is 32.2. The molecule has 2 heterocycles. The first kappa shape index (κ1) is 23.7. The Hall–Kier alpha value is -2.42. The fourth-order valence-corrected chi connectivity index (χ4v) is 6.22. The highest BCUT2D eigenvalue weighted by Gasteiger charge is 2.37. The second-order valence-corrected chi connectivity index (χ2v) is 10.6. The van der Waals surface area contributed by atoms with Gasteiger partial charge in [0.25, 0.3) is 10.0 Å². The van der Waals surface area contributed by atoms with Crippen molar-refractivity contribution in [2.45, 2.75) is 57.1 Å². The molecule has 0 aliphatic carbocycles. The van der Waals surface area contributed by atoms with Crippen molar-refractivity contribution in [2.75, 3.05) is 24.1 Å². The van der Waals surface area contributed by atoms with E-state index in [1.165, 1.54) is 16.4 Å². The number of Topliss-reactive ketones (excluding diaryl/α,β-unsaturated/α-hetero) is 1. The molecule has 0 saturated carbocycles. The third-order valence-corrected chi connectivity index (χ3v) is 8.39. The Balaban J connectivity index is 1.64. The lowest BCUT2D eigenvalue weighted by Gasteiger charge is -2.35. The summed E-state index contributed by atoms with van der Waals surface area (Å²) in [5, 5.41) is 9.90. The van der Waals surface area contributed by atoms with Gasteiger partial charge in [-0.3, -0.25) is 9.10 Å². The van der Waals surface area contributed by atoms with Crippen LogP contribution in [0.25, 0.3) is 0 Å². The van der Waals surface area contributed by atoms with Crippen LogP contribution < -0.4 is 9.04 Å². The molecule has 7 nitrogen and oxygen atoms in total. The smallest absolute Gasteiger partial charge is 0.264 e. The van der Waals surface area contributed by atoms with E-state index in [0.29, 0.717) is 35.1 Å². The lowest BCUT2D eigenvalue weighted by Crippen LogP contribution is -2.43. The van der Waals surface area contributed by atoms with Crippen molar-refractivity contribution in [1.29, 1.82) is 0 Å². The summed E-state index contributed by atoms with van der Waals surface area (Å²) in [7, 11) is -3.95. The number of aliphatic hydroxyl groups is 1. The lowest BCUT2D eigenvalue weighted by molar-refractivity contribution is 0.0494. The molecule has 2 aromatic rings. The number of hydrogen-bond donors (Lipinski definition) is 1. The summed E-state index contributed by atoms with van der Waals surface area (Å²) < 4.78 is 40.0. The van der Waals surface area contributed by atoms with E-state index in [9.17, 15) is 18.3 Å². The van der Waals surface area contributed by atoms with Crippen molar-refractivity contribution in [1.82, 2.24) is 0 Å². The van der Waals surface area contributed by atoms with Gasteiger partial charge in [-0.15, -0.1) is 0 Å². The molecule has 2 aliphatic heterocycles. The maximum atomic E-state index is 13.7. The summed E-state index contributed by atoms with van der Waals surface area (Å²) >= 11 is 0. The van der Waals surface area contributed by atoms with E-state index in [1.54, 1.807) is 25.1 Å². The van der Waals surface area contributed by atoms with Gasteiger partial charge in [0.15, 0.2) is 5.78 Å². The van der Waals surface area contributed by atoms with Gasteiger partial charge >= 0.3 is 0 Å². The molecule has 0 amide bonds. The molecular formula is C25H31NO6S. The highest BCUT2D eigenvalue weighted by molar-refractivity contribution is 7.92. The Bertz CT molecular complexity index is 1120. The number of aliphatic hydroxyl groups excluding tert-OH is 1. The van der Waals surface area contributed by atoms with Gasteiger partial charge in [-0.1, -0.05) is 13.0 Å². The summed E-state index contributed by atoms with van der Waals surface area (Å²) in [5.41, 5.74) is 2.25. The van der Waals surface area contributed by atoms with Gasteiger partial charge in [0.05, 0.1) is 23.8 Å². The largest absolute Gasteiger partial charge is 0.493 e. The number of nitrogens with zero attached hydrogens (tertiary/aromatic N) is 1. The molecule has 1 unspecified atom stereocenters. The normalized spacial score (nSPS) is 19.4. The number of carbonyl (C=O) groups is 1. The average Bonchev–Trinajstić information content (AvgIpc) is 2.82. The molecular weight excluding hydrogens is 442 g/mol. The lowest BCUT2D eigenvalue weighted by atomic mass is 9.95. The first-order chi connectivity index (χ1) is 15.8. The number of carbonyl (C=O) groups excluding carboxylic acids is 1. The van der Waals surface area contributed by atoms with Crippen molar-refractivity contribution in [3.63, 3.8) is 0 Å².